The van der Waals surface area contributed by atoms with Crippen molar-refractivity contribution in [2.75, 3.05) is 0 Å². The van der Waals surface area contributed by atoms with Crippen LogP contribution in [0.2, 0.25) is 0 Å². The number of hydrogen-bond donors (Lipinski definition) is 1. The molecular formula is C30H58O4. The molecule has 0 bridgehead atoms. The van der Waals surface area contributed by atoms with E-state index in [0.29, 0.717) is 19.3 Å². The van der Waals surface area contributed by atoms with Gasteiger partial charge in [0.1, 0.15) is 6.10 Å². The number of esters is 1. The fourth-order valence-corrected chi connectivity index (χ4v) is 4.59. The van der Waals surface area contributed by atoms with Crippen molar-refractivity contribution in [2.45, 2.75) is 180 Å². The SMILES string of the molecule is CCCCCCCCCCCCC(CCCCCCCCCCC)OC(=O)CCCCC(=O)O. The molecular weight excluding hydrogens is 424 g/mol. The molecule has 0 amide bonds. The molecule has 0 saturated heterocycles. The van der Waals surface area contributed by atoms with Crippen LogP contribution in [0, 0.1) is 0 Å². The Kier molecular flexibility index (Phi) is 25.7. The molecule has 1 atom stereocenters. The number of carbonyl (C=O) groups is 2. The fourth-order valence-electron chi connectivity index (χ4n) is 4.59. The highest BCUT2D eigenvalue weighted by molar-refractivity contribution is 5.70. The van der Waals surface area contributed by atoms with Crippen LogP contribution in [0.1, 0.15) is 174 Å². The standard InChI is InChI=1S/C30H58O4/c1-3-5-7-9-11-13-15-17-19-21-25-28(34-30(33)27-23-22-26-29(31)32)24-20-18-16-14-12-10-8-6-4-2/h28H,3-27H2,1-2H3,(H,31,32). The molecule has 202 valence electrons. The summed E-state index contributed by atoms with van der Waals surface area (Å²) < 4.78 is 5.83. The third kappa shape index (κ3) is 25.6. The van der Waals surface area contributed by atoms with Crippen LogP contribution in [-0.4, -0.2) is 23.1 Å². The summed E-state index contributed by atoms with van der Waals surface area (Å²) in [6.45, 7) is 4.52. The van der Waals surface area contributed by atoms with E-state index in [2.05, 4.69) is 13.8 Å². The largest absolute Gasteiger partial charge is 0.481 e. The Morgan fingerprint density at radius 3 is 1.26 bits per heavy atom. The number of hydrogen-bond acceptors (Lipinski definition) is 3. The van der Waals surface area contributed by atoms with Crippen LogP contribution >= 0.6 is 0 Å². The molecule has 0 aromatic carbocycles. The average molecular weight is 483 g/mol. The molecule has 0 heterocycles. The number of unbranched alkanes of at least 4 members (excludes halogenated alkanes) is 18. The number of carboxylic acid groups (broad SMARTS) is 1. The summed E-state index contributed by atoms with van der Waals surface area (Å²) in [6.07, 6.45) is 28.6. The van der Waals surface area contributed by atoms with Crippen molar-refractivity contribution in [3.8, 4) is 0 Å². The van der Waals surface area contributed by atoms with Crippen molar-refractivity contribution in [2.24, 2.45) is 0 Å². The molecule has 1 N–H and O–H groups in total. The molecule has 0 saturated carbocycles. The summed E-state index contributed by atoms with van der Waals surface area (Å²) in [4.78, 5) is 22.9. The van der Waals surface area contributed by atoms with Gasteiger partial charge in [-0.05, 0) is 38.5 Å². The van der Waals surface area contributed by atoms with Gasteiger partial charge in [-0.25, -0.2) is 0 Å². The topological polar surface area (TPSA) is 63.6 Å². The minimum atomic E-state index is -0.794. The van der Waals surface area contributed by atoms with Gasteiger partial charge in [-0.3, -0.25) is 9.59 Å². The summed E-state index contributed by atoms with van der Waals surface area (Å²) in [5, 5.41) is 8.74. The predicted octanol–water partition coefficient (Wildman–Crippen LogP) is 9.78. The van der Waals surface area contributed by atoms with Gasteiger partial charge >= 0.3 is 11.9 Å². The second-order valence-corrected chi connectivity index (χ2v) is 10.3. The minimum Gasteiger partial charge on any atom is -0.481 e. The lowest BCUT2D eigenvalue weighted by Gasteiger charge is -2.18. The third-order valence-electron chi connectivity index (χ3n) is 6.83. The Balaban J connectivity index is 4.03. The first-order valence-electron chi connectivity index (χ1n) is 15.0. The van der Waals surface area contributed by atoms with Crippen LogP contribution in [0.15, 0.2) is 0 Å². The molecule has 0 aromatic rings. The van der Waals surface area contributed by atoms with Gasteiger partial charge in [0.15, 0.2) is 0 Å². The lowest BCUT2D eigenvalue weighted by molar-refractivity contribution is -0.150. The quantitative estimate of drug-likeness (QED) is 0.0934. The summed E-state index contributed by atoms with van der Waals surface area (Å²) in [5.74, 6) is -0.934. The fraction of sp³-hybridized carbons (Fsp3) is 0.933. The summed E-state index contributed by atoms with van der Waals surface area (Å²) >= 11 is 0. The van der Waals surface area contributed by atoms with Gasteiger partial charge in [-0.2, -0.15) is 0 Å². The van der Waals surface area contributed by atoms with Crippen molar-refractivity contribution in [3.05, 3.63) is 0 Å². The van der Waals surface area contributed by atoms with E-state index in [0.717, 1.165) is 25.7 Å². The van der Waals surface area contributed by atoms with Gasteiger partial charge in [0, 0.05) is 12.8 Å². The molecule has 34 heavy (non-hydrogen) atoms. The Hall–Kier alpha value is -1.06. The van der Waals surface area contributed by atoms with Gasteiger partial charge < -0.3 is 9.84 Å². The molecule has 0 rings (SSSR count). The first-order valence-corrected chi connectivity index (χ1v) is 15.0. The highest BCUT2D eigenvalue weighted by atomic mass is 16.5. The molecule has 0 spiro atoms. The van der Waals surface area contributed by atoms with Gasteiger partial charge in [0.25, 0.3) is 0 Å². The first kappa shape index (κ1) is 32.9. The molecule has 0 aliphatic carbocycles. The first-order chi connectivity index (χ1) is 16.6. The van der Waals surface area contributed by atoms with Gasteiger partial charge in [0.05, 0.1) is 0 Å². The van der Waals surface area contributed by atoms with E-state index in [1.807, 2.05) is 0 Å². The van der Waals surface area contributed by atoms with Crippen LogP contribution in [0.5, 0.6) is 0 Å². The zero-order chi connectivity index (χ0) is 25.1. The molecule has 1 unspecified atom stereocenters. The summed E-state index contributed by atoms with van der Waals surface area (Å²) in [5.41, 5.74) is 0. The number of ether oxygens (including phenoxy) is 1. The maximum absolute atomic E-state index is 12.3. The maximum atomic E-state index is 12.3. The van der Waals surface area contributed by atoms with E-state index >= 15 is 0 Å². The highest BCUT2D eigenvalue weighted by Gasteiger charge is 2.14. The Morgan fingerprint density at radius 2 is 0.882 bits per heavy atom. The van der Waals surface area contributed by atoms with E-state index in [4.69, 9.17) is 9.84 Å². The summed E-state index contributed by atoms with van der Waals surface area (Å²) in [6, 6.07) is 0. The number of aliphatic carboxylic acids is 1. The number of rotatable bonds is 27. The van der Waals surface area contributed by atoms with Crippen LogP contribution in [0.4, 0.5) is 0 Å². The van der Waals surface area contributed by atoms with Crippen molar-refractivity contribution >= 4 is 11.9 Å². The van der Waals surface area contributed by atoms with Crippen molar-refractivity contribution in [1.82, 2.24) is 0 Å². The Bertz CT molecular complexity index is 449. The van der Waals surface area contributed by atoms with Crippen LogP contribution in [0.25, 0.3) is 0 Å². The van der Waals surface area contributed by atoms with Crippen molar-refractivity contribution in [1.29, 1.82) is 0 Å². The van der Waals surface area contributed by atoms with E-state index in [-0.39, 0.29) is 18.5 Å². The highest BCUT2D eigenvalue weighted by Crippen LogP contribution is 2.19. The van der Waals surface area contributed by atoms with Gasteiger partial charge in [-0.1, -0.05) is 123 Å². The Morgan fingerprint density at radius 1 is 0.529 bits per heavy atom. The molecule has 0 fully saturated rings. The lowest BCUT2D eigenvalue weighted by atomic mass is 10.0. The van der Waals surface area contributed by atoms with Gasteiger partial charge in [-0.15, -0.1) is 0 Å². The lowest BCUT2D eigenvalue weighted by Crippen LogP contribution is -2.18. The molecule has 0 aliphatic heterocycles. The molecule has 4 heteroatoms. The smallest absolute Gasteiger partial charge is 0.306 e. The van der Waals surface area contributed by atoms with Gasteiger partial charge in [0.2, 0.25) is 0 Å². The zero-order valence-electron chi connectivity index (χ0n) is 22.9. The van der Waals surface area contributed by atoms with E-state index in [1.54, 1.807) is 0 Å². The van der Waals surface area contributed by atoms with Crippen LogP contribution in [0.3, 0.4) is 0 Å². The molecule has 0 aromatic heterocycles. The predicted molar refractivity (Wildman–Crippen MR) is 144 cm³/mol. The second-order valence-electron chi connectivity index (χ2n) is 10.3. The Labute approximate surface area is 212 Å². The normalized spacial score (nSPS) is 12.1. The zero-order valence-corrected chi connectivity index (χ0v) is 22.9. The number of carboxylic acids is 1. The molecule has 4 nitrogen and oxygen atoms in total. The maximum Gasteiger partial charge on any atom is 0.306 e. The van der Waals surface area contributed by atoms with Crippen LogP contribution < -0.4 is 0 Å². The summed E-state index contributed by atoms with van der Waals surface area (Å²) in [7, 11) is 0. The van der Waals surface area contributed by atoms with Crippen LogP contribution in [-0.2, 0) is 14.3 Å². The average Bonchev–Trinajstić information content (AvgIpc) is 2.81. The van der Waals surface area contributed by atoms with Crippen molar-refractivity contribution in [3.63, 3.8) is 0 Å². The molecule has 0 aliphatic rings. The third-order valence-corrected chi connectivity index (χ3v) is 6.83. The second kappa shape index (κ2) is 26.5. The monoisotopic (exact) mass is 482 g/mol. The minimum absolute atomic E-state index is 0.0468. The van der Waals surface area contributed by atoms with E-state index in [9.17, 15) is 9.59 Å². The van der Waals surface area contributed by atoms with E-state index < -0.39 is 5.97 Å². The van der Waals surface area contributed by atoms with Crippen molar-refractivity contribution < 1.29 is 19.4 Å². The number of carbonyl (C=O) groups excluding carboxylic acids is 1. The van der Waals surface area contributed by atoms with E-state index in [1.165, 1.54) is 109 Å². The molecule has 0 radical (unpaired) electrons.